The maximum absolute atomic E-state index is 12.2. The van der Waals surface area contributed by atoms with Crippen molar-refractivity contribution in [2.24, 2.45) is 5.73 Å². The highest BCUT2D eigenvalue weighted by atomic mass is 35.5. The number of amides is 1. The van der Waals surface area contributed by atoms with Gasteiger partial charge in [-0.2, -0.15) is 0 Å². The number of ether oxygens (including phenoxy) is 1. The van der Waals surface area contributed by atoms with E-state index in [1.54, 1.807) is 18.5 Å². The summed E-state index contributed by atoms with van der Waals surface area (Å²) in [6, 6.07) is 15.0. The number of carboxylic acid groups (broad SMARTS) is 1. The lowest BCUT2D eigenvalue weighted by molar-refractivity contribution is -0.136. The number of hydrogen-bond donors (Lipinski definition) is 3. The van der Waals surface area contributed by atoms with Crippen molar-refractivity contribution < 1.29 is 19.4 Å². The smallest absolute Gasteiger partial charge is 0.304 e. The molecule has 0 saturated carbocycles. The van der Waals surface area contributed by atoms with E-state index in [0.29, 0.717) is 28.7 Å². The summed E-state index contributed by atoms with van der Waals surface area (Å²) in [4.78, 5) is 27.6. The molecule has 0 fully saturated rings. The van der Waals surface area contributed by atoms with Gasteiger partial charge in [0.2, 0.25) is 0 Å². The van der Waals surface area contributed by atoms with E-state index in [4.69, 9.17) is 27.2 Å². The Morgan fingerprint density at radius 2 is 2.06 bits per heavy atom. The lowest BCUT2D eigenvalue weighted by Crippen LogP contribution is -2.17. The molecule has 0 aliphatic carbocycles. The number of rotatable bonds is 10. The van der Waals surface area contributed by atoms with Crippen LogP contribution in [0.3, 0.4) is 0 Å². The zero-order valence-corrected chi connectivity index (χ0v) is 19.9. The Kier molecular flexibility index (Phi) is 7.16. The van der Waals surface area contributed by atoms with Crippen molar-refractivity contribution in [3.05, 3.63) is 75.9 Å². The number of carbonyl (C=O) groups is 2. The Balaban J connectivity index is 1.62. The van der Waals surface area contributed by atoms with Crippen LogP contribution in [-0.2, 0) is 11.3 Å². The molecule has 2 aromatic heterocycles. The Labute approximate surface area is 204 Å². The summed E-state index contributed by atoms with van der Waals surface area (Å²) in [5.74, 6) is -1.04. The fraction of sp³-hybridized carbons (Fsp3) is 0.208. The van der Waals surface area contributed by atoms with Crippen LogP contribution in [0.4, 0.5) is 0 Å². The molecule has 34 heavy (non-hydrogen) atoms. The van der Waals surface area contributed by atoms with Gasteiger partial charge in [-0.15, -0.1) is 11.3 Å². The Hall–Kier alpha value is -3.40. The summed E-state index contributed by atoms with van der Waals surface area (Å²) in [6.07, 6.45) is 1.35. The number of carbonyl (C=O) groups excluding carboxylic acids is 1. The first-order valence-electron chi connectivity index (χ1n) is 10.6. The molecule has 0 unspecified atom stereocenters. The van der Waals surface area contributed by atoms with Crippen LogP contribution in [0.1, 0.15) is 40.2 Å². The summed E-state index contributed by atoms with van der Waals surface area (Å²) in [5, 5.41) is 13.2. The molecule has 0 spiro atoms. The fourth-order valence-corrected chi connectivity index (χ4v) is 4.78. The molecule has 0 aliphatic rings. The van der Waals surface area contributed by atoms with E-state index in [1.165, 1.54) is 11.3 Å². The lowest BCUT2D eigenvalue weighted by Gasteiger charge is -2.16. The Morgan fingerprint density at radius 1 is 1.26 bits per heavy atom. The van der Waals surface area contributed by atoms with Crippen molar-refractivity contribution in [3.63, 3.8) is 0 Å². The van der Waals surface area contributed by atoms with Gasteiger partial charge in [0, 0.05) is 29.7 Å². The van der Waals surface area contributed by atoms with E-state index >= 15 is 0 Å². The van der Waals surface area contributed by atoms with Crippen molar-refractivity contribution in [1.82, 2.24) is 14.9 Å². The van der Waals surface area contributed by atoms with Crippen molar-refractivity contribution in [3.8, 4) is 10.8 Å². The molecule has 4 rings (SSSR count). The minimum Gasteiger partial charge on any atom is -0.484 e. The number of primary amides is 1. The first kappa shape index (κ1) is 23.7. The number of aliphatic carboxylic acids is 1. The minimum absolute atomic E-state index is 0.0562. The summed E-state index contributed by atoms with van der Waals surface area (Å²) in [5.41, 5.74) is 9.06. The monoisotopic (exact) mass is 498 g/mol. The van der Waals surface area contributed by atoms with Crippen molar-refractivity contribution in [1.29, 1.82) is 0 Å². The standard InChI is InChI=1S/C24H23ClN4O4S/c1-14(16-4-2-3-5-17(16)25)33-20-11-21(34-23(20)24(26)32)29-13-28-18-7-6-15(10-19(18)29)12-27-9-8-22(30)31/h2-7,10-11,13-14,27H,8-9,12H2,1H3,(H2,26,32)(H,30,31)/t14-/m1/s1. The lowest BCUT2D eigenvalue weighted by atomic mass is 10.1. The van der Waals surface area contributed by atoms with Gasteiger partial charge in [-0.1, -0.05) is 35.9 Å². The van der Waals surface area contributed by atoms with Crippen LogP contribution in [0.5, 0.6) is 5.75 Å². The molecular formula is C24H23ClN4O4S. The predicted octanol–water partition coefficient (Wildman–Crippen LogP) is 4.54. The van der Waals surface area contributed by atoms with Gasteiger partial charge in [0.05, 0.1) is 17.5 Å². The quantitative estimate of drug-likeness (QED) is 0.276. The molecule has 0 bridgehead atoms. The zero-order valence-electron chi connectivity index (χ0n) is 18.3. The van der Waals surface area contributed by atoms with Crippen molar-refractivity contribution in [2.45, 2.75) is 26.0 Å². The van der Waals surface area contributed by atoms with Crippen molar-refractivity contribution >= 4 is 45.8 Å². The summed E-state index contributed by atoms with van der Waals surface area (Å²) < 4.78 is 7.98. The van der Waals surface area contributed by atoms with E-state index < -0.39 is 18.0 Å². The zero-order chi connectivity index (χ0) is 24.2. The van der Waals surface area contributed by atoms with Gasteiger partial charge < -0.3 is 20.9 Å². The molecule has 0 aliphatic heterocycles. The number of fused-ring (bicyclic) bond motifs is 1. The largest absolute Gasteiger partial charge is 0.484 e. The Bertz CT molecular complexity index is 1350. The normalized spacial score (nSPS) is 12.1. The second-order valence-electron chi connectivity index (χ2n) is 7.68. The molecular weight excluding hydrogens is 476 g/mol. The molecule has 8 nitrogen and oxygen atoms in total. The summed E-state index contributed by atoms with van der Waals surface area (Å²) in [6.45, 7) is 2.76. The third-order valence-corrected chi connectivity index (χ3v) is 6.72. The number of thiophene rings is 1. The van der Waals surface area contributed by atoms with Gasteiger partial charge >= 0.3 is 5.97 Å². The molecule has 2 heterocycles. The second-order valence-corrected chi connectivity index (χ2v) is 9.12. The molecule has 4 aromatic rings. The number of aromatic nitrogens is 2. The molecule has 1 amide bonds. The van der Waals surface area contributed by atoms with E-state index in [1.807, 2.05) is 47.9 Å². The molecule has 0 saturated heterocycles. The minimum atomic E-state index is -0.842. The number of halogens is 1. The highest BCUT2D eigenvalue weighted by molar-refractivity contribution is 7.16. The first-order valence-corrected chi connectivity index (χ1v) is 11.8. The number of nitrogens with one attached hydrogen (secondary N) is 1. The van der Waals surface area contributed by atoms with Crippen LogP contribution in [-0.4, -0.2) is 33.1 Å². The average molecular weight is 499 g/mol. The number of nitrogens with two attached hydrogens (primary N) is 1. The Morgan fingerprint density at radius 3 is 2.79 bits per heavy atom. The van der Waals surface area contributed by atoms with E-state index in [0.717, 1.165) is 27.2 Å². The van der Waals surface area contributed by atoms with E-state index in [2.05, 4.69) is 10.3 Å². The van der Waals surface area contributed by atoms with Gasteiger partial charge in [-0.3, -0.25) is 14.2 Å². The molecule has 176 valence electrons. The third-order valence-electron chi connectivity index (χ3n) is 5.25. The van der Waals surface area contributed by atoms with Gasteiger partial charge in [0.25, 0.3) is 5.91 Å². The van der Waals surface area contributed by atoms with Gasteiger partial charge in [-0.05, 0) is 30.7 Å². The predicted molar refractivity (Wildman–Crippen MR) is 132 cm³/mol. The molecule has 10 heteroatoms. The highest BCUT2D eigenvalue weighted by Gasteiger charge is 2.21. The van der Waals surface area contributed by atoms with E-state index in [-0.39, 0.29) is 6.42 Å². The van der Waals surface area contributed by atoms with Gasteiger partial charge in [0.1, 0.15) is 28.1 Å². The molecule has 4 N–H and O–H groups in total. The van der Waals surface area contributed by atoms with Crippen molar-refractivity contribution in [2.75, 3.05) is 6.54 Å². The van der Waals surface area contributed by atoms with Crippen LogP contribution in [0.2, 0.25) is 5.02 Å². The number of benzene rings is 2. The number of hydrogen-bond acceptors (Lipinski definition) is 6. The van der Waals surface area contributed by atoms with E-state index in [9.17, 15) is 9.59 Å². The van der Waals surface area contributed by atoms with Gasteiger partial charge in [-0.25, -0.2) is 4.98 Å². The molecule has 1 atom stereocenters. The van der Waals surface area contributed by atoms with Gasteiger partial charge in [0.15, 0.2) is 0 Å². The number of nitrogens with zero attached hydrogens (tertiary/aromatic N) is 2. The molecule has 0 radical (unpaired) electrons. The summed E-state index contributed by atoms with van der Waals surface area (Å²) >= 11 is 7.52. The SMILES string of the molecule is C[C@@H](Oc1cc(-n2cnc3ccc(CNCCC(=O)O)cc32)sc1C(N)=O)c1ccccc1Cl. The van der Waals surface area contributed by atoms with Crippen LogP contribution >= 0.6 is 22.9 Å². The van der Waals surface area contributed by atoms with Crippen LogP contribution < -0.4 is 15.8 Å². The van der Waals surface area contributed by atoms with Crippen LogP contribution in [0.15, 0.2) is 54.9 Å². The number of carboxylic acids is 1. The fourth-order valence-electron chi connectivity index (χ4n) is 3.57. The number of imidazole rings is 1. The highest BCUT2D eigenvalue weighted by Crippen LogP contribution is 2.37. The third kappa shape index (κ3) is 5.22. The second kappa shape index (κ2) is 10.3. The first-order chi connectivity index (χ1) is 16.3. The van der Waals surface area contributed by atoms with Crippen LogP contribution in [0.25, 0.3) is 16.0 Å². The van der Waals surface area contributed by atoms with Crippen LogP contribution in [0, 0.1) is 0 Å². The topological polar surface area (TPSA) is 119 Å². The maximum atomic E-state index is 12.2. The maximum Gasteiger partial charge on any atom is 0.304 e. The summed E-state index contributed by atoms with van der Waals surface area (Å²) in [7, 11) is 0. The average Bonchev–Trinajstić information content (AvgIpc) is 3.40. The molecule has 2 aromatic carbocycles.